The summed E-state index contributed by atoms with van der Waals surface area (Å²) in [4.78, 5) is 49.3. The van der Waals surface area contributed by atoms with Gasteiger partial charge in [0.2, 0.25) is 22.6 Å². The Balaban J connectivity index is 0.000000216. The molecule has 0 saturated heterocycles. The van der Waals surface area contributed by atoms with Crippen molar-refractivity contribution < 1.29 is 9.85 Å². The first-order valence-corrected chi connectivity index (χ1v) is 18.5. The highest BCUT2D eigenvalue weighted by molar-refractivity contribution is 6.31. The van der Waals surface area contributed by atoms with Gasteiger partial charge < -0.3 is 20.9 Å². The summed E-state index contributed by atoms with van der Waals surface area (Å²) in [6.07, 6.45) is 5.46. The lowest BCUT2D eigenvalue weighted by molar-refractivity contribution is -0.384. The van der Waals surface area contributed by atoms with Crippen LogP contribution in [0.5, 0.6) is 0 Å². The van der Waals surface area contributed by atoms with E-state index >= 15 is 0 Å². The second-order valence-electron chi connectivity index (χ2n) is 16.0. The van der Waals surface area contributed by atoms with Crippen LogP contribution in [0.4, 0.5) is 40.2 Å². The number of H-pyrrole nitrogens is 2. The van der Waals surface area contributed by atoms with Crippen LogP contribution in [-0.2, 0) is 0 Å². The fraction of sp³-hybridized carbons (Fsp3) is 0.368. The normalized spacial score (nSPS) is 11.1. The number of halogens is 1. The average molecular weight is 829 g/mol. The molecule has 0 saturated carbocycles. The van der Waals surface area contributed by atoms with Gasteiger partial charge >= 0.3 is 11.4 Å². The minimum absolute atomic E-state index is 0.0000444. The molecule has 59 heavy (non-hydrogen) atoms. The van der Waals surface area contributed by atoms with E-state index in [4.69, 9.17) is 17.3 Å². The molecule has 21 heteroatoms. The summed E-state index contributed by atoms with van der Waals surface area (Å²) >= 11 is 5.72. The van der Waals surface area contributed by atoms with Crippen LogP contribution in [0.15, 0.2) is 61.7 Å². The molecule has 6 aromatic rings. The summed E-state index contributed by atoms with van der Waals surface area (Å²) in [7, 11) is 3.54. The molecule has 5 N–H and O–H groups in total. The van der Waals surface area contributed by atoms with Crippen LogP contribution in [0.1, 0.15) is 52.7 Å². The number of rotatable bonds is 10. The summed E-state index contributed by atoms with van der Waals surface area (Å²) in [5, 5.41) is 39.0. The number of nitrogens with two attached hydrogens (primary N) is 1. The van der Waals surface area contributed by atoms with Gasteiger partial charge in [-0.3, -0.25) is 30.4 Å². The van der Waals surface area contributed by atoms with Gasteiger partial charge in [0.15, 0.2) is 11.6 Å². The third-order valence-corrected chi connectivity index (χ3v) is 8.50. The van der Waals surface area contributed by atoms with Crippen LogP contribution in [0.2, 0.25) is 5.15 Å². The van der Waals surface area contributed by atoms with Gasteiger partial charge in [-0.05, 0) is 47.9 Å². The minimum atomic E-state index is -0.559. The van der Waals surface area contributed by atoms with Gasteiger partial charge in [0.05, 0.1) is 9.85 Å². The molecule has 0 spiro atoms. The second-order valence-corrected chi connectivity index (χ2v) is 16.3. The number of aryl methyl sites for hydroxylation is 2. The summed E-state index contributed by atoms with van der Waals surface area (Å²) in [5.41, 5.74) is 10.5. The number of nitrogens with one attached hydrogen (secondary N) is 3. The number of aromatic nitrogens is 10. The molecule has 4 aromatic heterocycles. The van der Waals surface area contributed by atoms with Crippen molar-refractivity contribution in [2.24, 2.45) is 10.8 Å². The maximum atomic E-state index is 11.9. The van der Waals surface area contributed by atoms with Crippen LogP contribution in [-0.4, -0.2) is 87.3 Å². The number of nitrogen functional groups attached to an aromatic ring is 1. The Hall–Kier alpha value is -6.83. The standard InChI is InChI=1S/C19H24N8O2.C10H15ClN4O2.C9H10N4/c1-12-6-7-13(16-21-11-23-25-16)8-14(12)24-17-15(27(28)29)18(22-10-20-17)26(5)9-19(2,3)4;1-10(2,3)5-14(4)9-7(15(16)17)8(11)12-6-13-9;1-6-2-3-7(4-8(6)10)9-11-5-12-13-9/h6-8,10-11H,9H2,1-5H3,(H,20,22,24)(H,21,23,25);6H,5H2,1-4H3;2-5H,10H2,1H3,(H,11,12,13). The van der Waals surface area contributed by atoms with E-state index in [2.05, 4.69) is 76.4 Å². The fourth-order valence-corrected chi connectivity index (χ4v) is 5.97. The minimum Gasteiger partial charge on any atom is -0.398 e. The van der Waals surface area contributed by atoms with Crippen LogP contribution >= 0.6 is 11.6 Å². The second kappa shape index (κ2) is 19.1. The van der Waals surface area contributed by atoms with Gasteiger partial charge in [0.1, 0.15) is 25.3 Å². The molecule has 4 heterocycles. The van der Waals surface area contributed by atoms with E-state index in [1.165, 1.54) is 25.3 Å². The molecule has 0 aliphatic rings. The molecule has 0 atom stereocenters. The van der Waals surface area contributed by atoms with Gasteiger partial charge in [0.25, 0.3) is 0 Å². The SMILES string of the molecule is CN(CC(C)(C)C)c1ncnc(Cl)c1[N+](=O)[O-].Cc1ccc(-c2ncn[nH]2)cc1N.Cc1ccc(-c2ncn[nH]2)cc1Nc1ncnc(N(C)CC(C)(C)C)c1[N+](=O)[O-]. The van der Waals surface area contributed by atoms with E-state index in [-0.39, 0.29) is 44.8 Å². The van der Waals surface area contributed by atoms with Crippen LogP contribution in [0, 0.1) is 44.9 Å². The Morgan fingerprint density at radius 3 is 1.63 bits per heavy atom. The molecule has 0 bridgehead atoms. The van der Waals surface area contributed by atoms with Crippen molar-refractivity contribution in [3.63, 3.8) is 0 Å². The van der Waals surface area contributed by atoms with Crippen molar-refractivity contribution >= 4 is 51.8 Å². The Bertz CT molecular complexity index is 2340. The number of nitrogens with zero attached hydrogens (tertiary/aromatic N) is 12. The Morgan fingerprint density at radius 2 is 1.17 bits per heavy atom. The third-order valence-electron chi connectivity index (χ3n) is 8.22. The van der Waals surface area contributed by atoms with Crippen LogP contribution in [0.25, 0.3) is 22.8 Å². The first-order valence-electron chi connectivity index (χ1n) is 18.2. The van der Waals surface area contributed by atoms with E-state index in [0.717, 1.165) is 33.8 Å². The topological polar surface area (TPSA) is 266 Å². The number of nitro groups is 2. The van der Waals surface area contributed by atoms with Crippen molar-refractivity contribution in [1.82, 2.24) is 50.3 Å². The molecule has 2 aromatic carbocycles. The highest BCUT2D eigenvalue weighted by Crippen LogP contribution is 2.36. The van der Waals surface area contributed by atoms with E-state index in [0.29, 0.717) is 24.6 Å². The lowest BCUT2D eigenvalue weighted by Gasteiger charge is -2.27. The summed E-state index contributed by atoms with van der Waals surface area (Å²) in [5.74, 6) is 2.00. The maximum absolute atomic E-state index is 11.9. The molecular formula is C38H49ClN16O4. The lowest BCUT2D eigenvalue weighted by Crippen LogP contribution is -2.30. The Morgan fingerprint density at radius 1 is 0.695 bits per heavy atom. The van der Waals surface area contributed by atoms with Crippen LogP contribution in [0.3, 0.4) is 0 Å². The zero-order valence-electron chi connectivity index (χ0n) is 34.6. The van der Waals surface area contributed by atoms with Gasteiger partial charge in [0, 0.05) is 49.7 Å². The Kier molecular flexibility index (Phi) is 14.5. The Labute approximate surface area is 346 Å². The maximum Gasteiger partial charge on any atom is 0.353 e. The van der Waals surface area contributed by atoms with Gasteiger partial charge in [-0.2, -0.15) is 10.2 Å². The van der Waals surface area contributed by atoms with E-state index in [9.17, 15) is 20.2 Å². The number of hydrogen-bond acceptors (Lipinski definition) is 16. The molecule has 20 nitrogen and oxygen atoms in total. The molecule has 0 aliphatic heterocycles. The quantitative estimate of drug-likeness (QED) is 0.0448. The van der Waals surface area contributed by atoms with Crippen molar-refractivity contribution in [2.75, 3.05) is 48.0 Å². The highest BCUT2D eigenvalue weighted by Gasteiger charge is 2.29. The van der Waals surface area contributed by atoms with Crippen molar-refractivity contribution in [1.29, 1.82) is 0 Å². The van der Waals surface area contributed by atoms with Gasteiger partial charge in [-0.15, -0.1) is 0 Å². The fourth-order valence-electron chi connectivity index (χ4n) is 5.77. The molecular weight excluding hydrogens is 780 g/mol. The van der Waals surface area contributed by atoms with E-state index < -0.39 is 9.85 Å². The zero-order chi connectivity index (χ0) is 43.7. The molecule has 0 aliphatic carbocycles. The molecule has 0 amide bonds. The highest BCUT2D eigenvalue weighted by atomic mass is 35.5. The summed E-state index contributed by atoms with van der Waals surface area (Å²) in [6, 6.07) is 11.5. The summed E-state index contributed by atoms with van der Waals surface area (Å²) < 4.78 is 0. The van der Waals surface area contributed by atoms with Gasteiger partial charge in [-0.25, -0.2) is 29.9 Å². The van der Waals surface area contributed by atoms with E-state index in [1.807, 2.05) is 71.0 Å². The number of benzene rings is 2. The lowest BCUT2D eigenvalue weighted by atomic mass is 9.96. The van der Waals surface area contributed by atoms with Crippen molar-refractivity contribution in [3.05, 3.63) is 98.2 Å². The number of hydrogen-bond donors (Lipinski definition) is 4. The van der Waals surface area contributed by atoms with Crippen LogP contribution < -0.4 is 20.9 Å². The predicted molar refractivity (Wildman–Crippen MR) is 229 cm³/mol. The third kappa shape index (κ3) is 12.6. The number of aromatic amines is 2. The smallest absolute Gasteiger partial charge is 0.353 e. The largest absolute Gasteiger partial charge is 0.398 e. The molecule has 0 unspecified atom stereocenters. The average Bonchev–Trinajstić information content (AvgIpc) is 3.89. The van der Waals surface area contributed by atoms with Crippen molar-refractivity contribution in [2.45, 2.75) is 55.4 Å². The summed E-state index contributed by atoms with van der Waals surface area (Å²) in [6.45, 7) is 17.4. The first kappa shape index (κ1) is 44.9. The molecule has 312 valence electrons. The van der Waals surface area contributed by atoms with Gasteiger partial charge in [-0.1, -0.05) is 77.4 Å². The first-order chi connectivity index (χ1) is 27.6. The predicted octanol–water partition coefficient (Wildman–Crippen LogP) is 7.59. The molecule has 6 rings (SSSR count). The number of anilines is 5. The van der Waals surface area contributed by atoms with E-state index in [1.54, 1.807) is 23.9 Å². The zero-order valence-corrected chi connectivity index (χ0v) is 35.4. The monoisotopic (exact) mass is 828 g/mol. The molecule has 0 radical (unpaired) electrons. The molecule has 0 fully saturated rings. The van der Waals surface area contributed by atoms with Crippen molar-refractivity contribution in [3.8, 4) is 22.8 Å².